The number of aromatic nitrogens is 5. The molecule has 4 atom stereocenters. The van der Waals surface area contributed by atoms with Crippen molar-refractivity contribution in [1.29, 1.82) is 0 Å². The summed E-state index contributed by atoms with van der Waals surface area (Å²) in [6.45, 7) is 2.69. The van der Waals surface area contributed by atoms with Crippen molar-refractivity contribution in [3.05, 3.63) is 117 Å². The number of nitrogens with one attached hydrogen (secondary N) is 1. The van der Waals surface area contributed by atoms with E-state index in [0.29, 0.717) is 12.1 Å². The van der Waals surface area contributed by atoms with Crippen LogP contribution in [-0.4, -0.2) is 53.7 Å². The standard InChI is InChI=1S/C33H27Br2N7O2/c1-19-27(31(41-18-36-17-37-41)42(39-19)23-6-3-2-4-7-23)28-26-8-5-15-40(26)33(24-16-22(35)13-14-25(24)38-32(33)44)29(28)30(43)20-9-11-21(34)12-10-20/h2-4,6-7,9-14,16-18,26,28-29H,5,8,15H2,1H3,(H,38,44). The van der Waals surface area contributed by atoms with Crippen LogP contribution in [0.2, 0.25) is 0 Å². The van der Waals surface area contributed by atoms with Gasteiger partial charge in [-0.2, -0.15) is 10.2 Å². The van der Waals surface area contributed by atoms with Gasteiger partial charge >= 0.3 is 0 Å². The zero-order valence-corrected chi connectivity index (χ0v) is 26.9. The third-order valence-corrected chi connectivity index (χ3v) is 10.4. The molecule has 0 saturated carbocycles. The van der Waals surface area contributed by atoms with E-state index in [1.165, 1.54) is 6.33 Å². The van der Waals surface area contributed by atoms with E-state index in [1.54, 1.807) is 11.0 Å². The number of fused-ring (bicyclic) bond motifs is 4. The monoisotopic (exact) mass is 711 g/mol. The number of carbonyl (C=O) groups is 2. The molecule has 9 nitrogen and oxygen atoms in total. The van der Waals surface area contributed by atoms with Crippen molar-refractivity contribution < 1.29 is 9.59 Å². The summed E-state index contributed by atoms with van der Waals surface area (Å²) in [6, 6.07) is 23.1. The summed E-state index contributed by atoms with van der Waals surface area (Å²) in [5.41, 5.74) is 3.50. The van der Waals surface area contributed by atoms with Gasteiger partial charge < -0.3 is 5.32 Å². The second-order valence-corrected chi connectivity index (χ2v) is 13.4. The molecule has 1 spiro atoms. The molecule has 3 aliphatic rings. The van der Waals surface area contributed by atoms with Gasteiger partial charge in [-0.25, -0.2) is 14.3 Å². The zero-order valence-electron chi connectivity index (χ0n) is 23.7. The molecule has 1 amide bonds. The van der Waals surface area contributed by atoms with Gasteiger partial charge in [0.1, 0.15) is 18.2 Å². The molecule has 220 valence electrons. The first-order chi connectivity index (χ1) is 21.4. The van der Waals surface area contributed by atoms with Gasteiger partial charge in [0.25, 0.3) is 0 Å². The van der Waals surface area contributed by atoms with Crippen molar-refractivity contribution >= 4 is 49.2 Å². The lowest BCUT2D eigenvalue weighted by atomic mass is 9.68. The fourth-order valence-corrected chi connectivity index (χ4v) is 8.47. The number of amides is 1. The molecule has 11 heteroatoms. The van der Waals surface area contributed by atoms with E-state index in [1.807, 2.05) is 84.4 Å². The molecule has 0 radical (unpaired) electrons. The molecule has 2 fully saturated rings. The number of hydrogen-bond donors (Lipinski definition) is 1. The molecule has 0 aliphatic carbocycles. The van der Waals surface area contributed by atoms with E-state index in [9.17, 15) is 4.79 Å². The number of Topliss-reactive ketones (excluding diaryl/α,β-unsaturated/α-hetero) is 1. The summed E-state index contributed by atoms with van der Waals surface area (Å²) in [5, 5.41) is 12.8. The Kier molecular flexibility index (Phi) is 6.48. The zero-order chi connectivity index (χ0) is 30.2. The molecule has 1 N–H and O–H groups in total. The molecule has 5 heterocycles. The Morgan fingerprint density at radius 3 is 2.55 bits per heavy atom. The first-order valence-corrected chi connectivity index (χ1v) is 16.2. The average Bonchev–Trinajstić information content (AvgIpc) is 3.85. The van der Waals surface area contributed by atoms with Crippen LogP contribution in [0, 0.1) is 12.8 Å². The van der Waals surface area contributed by atoms with Gasteiger partial charge in [0.15, 0.2) is 11.6 Å². The van der Waals surface area contributed by atoms with Crippen LogP contribution in [0.4, 0.5) is 5.69 Å². The number of hydrogen-bond acceptors (Lipinski definition) is 6. The topological polar surface area (TPSA) is 97.9 Å². The second kappa shape index (κ2) is 10.3. The average molecular weight is 713 g/mol. The number of aryl methyl sites for hydroxylation is 1. The molecule has 44 heavy (non-hydrogen) atoms. The number of benzene rings is 3. The molecule has 3 aliphatic heterocycles. The third-order valence-electron chi connectivity index (χ3n) is 9.43. The summed E-state index contributed by atoms with van der Waals surface area (Å²) in [5.74, 6) is -0.608. The van der Waals surface area contributed by atoms with E-state index < -0.39 is 11.5 Å². The van der Waals surface area contributed by atoms with Crippen LogP contribution in [0.3, 0.4) is 0 Å². The second-order valence-electron chi connectivity index (χ2n) is 11.6. The van der Waals surface area contributed by atoms with Crippen molar-refractivity contribution in [3.63, 3.8) is 0 Å². The van der Waals surface area contributed by atoms with Gasteiger partial charge in [0.2, 0.25) is 5.91 Å². The van der Waals surface area contributed by atoms with Crippen LogP contribution in [0.15, 0.2) is 94.4 Å². The highest BCUT2D eigenvalue weighted by atomic mass is 79.9. The van der Waals surface area contributed by atoms with E-state index >= 15 is 4.79 Å². The van der Waals surface area contributed by atoms with Crippen LogP contribution in [0.5, 0.6) is 0 Å². The van der Waals surface area contributed by atoms with Gasteiger partial charge in [-0.15, -0.1) is 0 Å². The SMILES string of the molecule is Cc1nn(-c2ccccc2)c(-n2cncn2)c1C1C2CCCN2C2(C(=O)Nc3ccc(Br)cc32)C1C(=O)c1ccc(Br)cc1. The summed E-state index contributed by atoms with van der Waals surface area (Å²) >= 11 is 7.17. The number of anilines is 1. The molecule has 2 aromatic heterocycles. The first kappa shape index (κ1) is 27.6. The summed E-state index contributed by atoms with van der Waals surface area (Å²) in [7, 11) is 0. The largest absolute Gasteiger partial charge is 0.324 e. The number of para-hydroxylation sites is 1. The maximum Gasteiger partial charge on any atom is 0.250 e. The number of carbonyl (C=O) groups excluding carboxylic acids is 2. The molecule has 0 bridgehead atoms. The fourth-order valence-electron chi connectivity index (χ4n) is 7.85. The summed E-state index contributed by atoms with van der Waals surface area (Å²) in [4.78, 5) is 36.2. The number of halogens is 2. The molecule has 3 aromatic carbocycles. The molecular weight excluding hydrogens is 686 g/mol. The maximum absolute atomic E-state index is 15.1. The predicted octanol–water partition coefficient (Wildman–Crippen LogP) is 6.19. The van der Waals surface area contributed by atoms with E-state index in [4.69, 9.17) is 5.10 Å². The van der Waals surface area contributed by atoms with E-state index in [0.717, 1.165) is 55.8 Å². The lowest BCUT2D eigenvalue weighted by Crippen LogP contribution is -2.52. The smallest absolute Gasteiger partial charge is 0.250 e. The Balaban J connectivity index is 1.43. The van der Waals surface area contributed by atoms with Crippen LogP contribution in [0.25, 0.3) is 11.5 Å². The van der Waals surface area contributed by atoms with E-state index in [2.05, 4.69) is 52.2 Å². The first-order valence-electron chi connectivity index (χ1n) is 14.6. The van der Waals surface area contributed by atoms with Crippen LogP contribution in [0.1, 0.15) is 45.9 Å². The molecule has 4 unspecified atom stereocenters. The Labute approximate surface area is 270 Å². The highest BCUT2D eigenvalue weighted by molar-refractivity contribution is 9.10. The Morgan fingerprint density at radius 2 is 1.80 bits per heavy atom. The van der Waals surface area contributed by atoms with Crippen LogP contribution < -0.4 is 5.32 Å². The Hall–Kier alpha value is -3.93. The minimum Gasteiger partial charge on any atom is -0.324 e. The maximum atomic E-state index is 15.1. The molecule has 5 aromatic rings. The molecular formula is C33H27Br2N7O2. The van der Waals surface area contributed by atoms with Crippen LogP contribution in [-0.2, 0) is 10.3 Å². The number of nitrogens with zero attached hydrogens (tertiary/aromatic N) is 6. The molecule has 8 rings (SSSR count). The lowest BCUT2D eigenvalue weighted by molar-refractivity contribution is -0.127. The lowest BCUT2D eigenvalue weighted by Gasteiger charge is -2.37. The summed E-state index contributed by atoms with van der Waals surface area (Å²) in [6.07, 6.45) is 4.93. The predicted molar refractivity (Wildman–Crippen MR) is 172 cm³/mol. The normalized spacial score (nSPS) is 24.1. The van der Waals surface area contributed by atoms with Gasteiger partial charge in [-0.3, -0.25) is 14.5 Å². The highest BCUT2D eigenvalue weighted by Crippen LogP contribution is 2.62. The number of rotatable bonds is 5. The Bertz CT molecular complexity index is 1920. The Morgan fingerprint density at radius 1 is 1.02 bits per heavy atom. The van der Waals surface area contributed by atoms with Crippen molar-refractivity contribution in [2.45, 2.75) is 37.3 Å². The van der Waals surface area contributed by atoms with Gasteiger partial charge in [-0.05, 0) is 68.8 Å². The van der Waals surface area contributed by atoms with Crippen molar-refractivity contribution in [2.24, 2.45) is 5.92 Å². The molecule has 2 saturated heterocycles. The summed E-state index contributed by atoms with van der Waals surface area (Å²) < 4.78 is 5.35. The quantitative estimate of drug-likeness (QED) is 0.218. The van der Waals surface area contributed by atoms with Gasteiger partial charge in [0, 0.05) is 43.3 Å². The minimum atomic E-state index is -1.20. The minimum absolute atomic E-state index is 0.0729. The van der Waals surface area contributed by atoms with Crippen molar-refractivity contribution in [1.82, 2.24) is 29.4 Å². The fraction of sp³-hybridized carbons (Fsp3) is 0.242. The van der Waals surface area contributed by atoms with Gasteiger partial charge in [0.05, 0.1) is 17.3 Å². The number of ketones is 1. The van der Waals surface area contributed by atoms with Crippen LogP contribution >= 0.6 is 31.9 Å². The van der Waals surface area contributed by atoms with Crippen molar-refractivity contribution in [3.8, 4) is 11.5 Å². The highest BCUT2D eigenvalue weighted by Gasteiger charge is 2.70. The van der Waals surface area contributed by atoms with Crippen molar-refractivity contribution in [2.75, 3.05) is 11.9 Å². The third kappa shape index (κ3) is 3.88. The van der Waals surface area contributed by atoms with Gasteiger partial charge in [-0.1, -0.05) is 62.2 Å². The van der Waals surface area contributed by atoms with E-state index in [-0.39, 0.29) is 23.7 Å².